The number of halogens is 1. The van der Waals surface area contributed by atoms with Gasteiger partial charge >= 0.3 is 0 Å². The number of hydrogen-bond acceptors (Lipinski definition) is 6. The highest BCUT2D eigenvalue weighted by molar-refractivity contribution is 6.33. The van der Waals surface area contributed by atoms with Gasteiger partial charge in [0.25, 0.3) is 5.56 Å². The monoisotopic (exact) mass is 331 g/mol. The van der Waals surface area contributed by atoms with Crippen LogP contribution in [0.15, 0.2) is 29.6 Å². The van der Waals surface area contributed by atoms with Crippen molar-refractivity contribution in [2.24, 2.45) is 0 Å². The standard InChI is InChI=1S/C14H14ClN7O/c15-11-10(7-19-20-14(11)23)21-3-5-22(6-4-21)13-12-9(1-2-16-12)17-8-18-13/h1-2,7-8,16H,3-6H2,(H,20,23). The van der Waals surface area contributed by atoms with Gasteiger partial charge in [-0.05, 0) is 6.07 Å². The van der Waals surface area contributed by atoms with Crippen LogP contribution in [0.3, 0.4) is 0 Å². The van der Waals surface area contributed by atoms with Gasteiger partial charge in [0.1, 0.15) is 16.9 Å². The molecule has 0 saturated carbocycles. The van der Waals surface area contributed by atoms with Crippen molar-refractivity contribution < 1.29 is 0 Å². The van der Waals surface area contributed by atoms with Crippen LogP contribution in [-0.4, -0.2) is 51.3 Å². The number of H-pyrrole nitrogens is 2. The topological polar surface area (TPSA) is 93.8 Å². The minimum absolute atomic E-state index is 0.183. The molecule has 1 aliphatic rings. The number of aromatic amines is 2. The van der Waals surface area contributed by atoms with E-state index in [0.29, 0.717) is 5.69 Å². The summed E-state index contributed by atoms with van der Waals surface area (Å²) in [5.41, 5.74) is 2.15. The van der Waals surface area contributed by atoms with Crippen LogP contribution in [0.4, 0.5) is 11.5 Å². The highest BCUT2D eigenvalue weighted by Gasteiger charge is 2.22. The lowest BCUT2D eigenvalue weighted by Crippen LogP contribution is -2.47. The molecule has 3 aromatic heterocycles. The van der Waals surface area contributed by atoms with Gasteiger partial charge in [-0.2, -0.15) is 5.10 Å². The molecule has 0 unspecified atom stereocenters. The maximum Gasteiger partial charge on any atom is 0.285 e. The summed E-state index contributed by atoms with van der Waals surface area (Å²) in [5, 5.41) is 6.35. The summed E-state index contributed by atoms with van der Waals surface area (Å²) >= 11 is 6.08. The fraction of sp³-hybridized carbons (Fsp3) is 0.286. The zero-order chi connectivity index (χ0) is 15.8. The van der Waals surface area contributed by atoms with Crippen LogP contribution in [0.5, 0.6) is 0 Å². The molecule has 9 heteroatoms. The molecule has 0 spiro atoms. The van der Waals surface area contributed by atoms with Crippen LogP contribution in [0.25, 0.3) is 11.0 Å². The number of rotatable bonds is 2. The highest BCUT2D eigenvalue weighted by atomic mass is 35.5. The van der Waals surface area contributed by atoms with E-state index in [4.69, 9.17) is 11.6 Å². The number of piperazine rings is 1. The zero-order valence-electron chi connectivity index (χ0n) is 12.2. The van der Waals surface area contributed by atoms with Crippen LogP contribution in [-0.2, 0) is 0 Å². The molecule has 1 saturated heterocycles. The summed E-state index contributed by atoms with van der Waals surface area (Å²) in [4.78, 5) is 27.7. The normalized spacial score (nSPS) is 15.3. The third kappa shape index (κ3) is 2.40. The Morgan fingerprint density at radius 1 is 1.13 bits per heavy atom. The van der Waals surface area contributed by atoms with Crippen LogP contribution >= 0.6 is 11.6 Å². The number of fused-ring (bicyclic) bond motifs is 1. The summed E-state index contributed by atoms with van der Waals surface area (Å²) in [5.74, 6) is 0.898. The van der Waals surface area contributed by atoms with Crippen molar-refractivity contribution in [1.82, 2.24) is 25.1 Å². The molecular formula is C14H14ClN7O. The first-order valence-electron chi connectivity index (χ1n) is 7.25. The van der Waals surface area contributed by atoms with Gasteiger partial charge in [-0.25, -0.2) is 15.1 Å². The molecule has 0 aliphatic carbocycles. The lowest BCUT2D eigenvalue weighted by Gasteiger charge is -2.36. The first kappa shape index (κ1) is 14.0. The minimum Gasteiger partial charge on any atom is -0.365 e. The fourth-order valence-corrected chi connectivity index (χ4v) is 3.06. The lowest BCUT2D eigenvalue weighted by molar-refractivity contribution is 0.646. The molecule has 4 heterocycles. The third-order valence-corrected chi connectivity index (χ3v) is 4.39. The van der Waals surface area contributed by atoms with E-state index in [1.54, 1.807) is 12.5 Å². The van der Waals surface area contributed by atoms with Gasteiger partial charge in [-0.15, -0.1) is 0 Å². The predicted octanol–water partition coefficient (Wildman–Crippen LogP) is 1.02. The molecule has 0 amide bonds. The number of aromatic nitrogens is 5. The molecular weight excluding hydrogens is 318 g/mol. The average Bonchev–Trinajstić information content (AvgIpc) is 3.06. The van der Waals surface area contributed by atoms with E-state index in [0.717, 1.165) is 43.0 Å². The second kappa shape index (κ2) is 5.54. The van der Waals surface area contributed by atoms with Crippen LogP contribution in [0.2, 0.25) is 5.02 Å². The Kier molecular flexibility index (Phi) is 3.38. The Hall–Kier alpha value is -2.61. The van der Waals surface area contributed by atoms with E-state index in [9.17, 15) is 4.79 Å². The summed E-state index contributed by atoms with van der Waals surface area (Å²) < 4.78 is 0. The Bertz CT molecular complexity index is 897. The van der Waals surface area contributed by atoms with E-state index in [-0.39, 0.29) is 10.6 Å². The molecule has 0 atom stereocenters. The van der Waals surface area contributed by atoms with Crippen LogP contribution < -0.4 is 15.4 Å². The van der Waals surface area contributed by atoms with E-state index >= 15 is 0 Å². The van der Waals surface area contributed by atoms with Crippen molar-refractivity contribution in [3.63, 3.8) is 0 Å². The fourth-order valence-electron chi connectivity index (χ4n) is 2.85. The van der Waals surface area contributed by atoms with Crippen molar-refractivity contribution in [1.29, 1.82) is 0 Å². The van der Waals surface area contributed by atoms with Crippen molar-refractivity contribution in [2.75, 3.05) is 36.0 Å². The van der Waals surface area contributed by atoms with E-state index in [1.807, 2.05) is 12.3 Å². The second-order valence-electron chi connectivity index (χ2n) is 5.31. The summed E-state index contributed by atoms with van der Waals surface area (Å²) in [6.07, 6.45) is 5.03. The van der Waals surface area contributed by atoms with Gasteiger partial charge in [0.15, 0.2) is 5.82 Å². The first-order chi connectivity index (χ1) is 11.2. The van der Waals surface area contributed by atoms with Crippen molar-refractivity contribution in [2.45, 2.75) is 0 Å². The summed E-state index contributed by atoms with van der Waals surface area (Å²) in [6.45, 7) is 3.01. The molecule has 1 fully saturated rings. The third-order valence-electron chi connectivity index (χ3n) is 4.02. The first-order valence-corrected chi connectivity index (χ1v) is 7.63. The van der Waals surface area contributed by atoms with Crippen molar-refractivity contribution in [3.8, 4) is 0 Å². The maximum absolute atomic E-state index is 11.6. The minimum atomic E-state index is -0.365. The highest BCUT2D eigenvalue weighted by Crippen LogP contribution is 2.25. The Balaban J connectivity index is 1.56. The Morgan fingerprint density at radius 2 is 1.91 bits per heavy atom. The van der Waals surface area contributed by atoms with Crippen LogP contribution in [0, 0.1) is 0 Å². The molecule has 0 bridgehead atoms. The predicted molar refractivity (Wildman–Crippen MR) is 88.2 cm³/mol. The molecule has 3 aromatic rings. The SMILES string of the molecule is O=c1[nH]ncc(N2CCN(c3ncnc4cc[nH]c34)CC2)c1Cl. The Morgan fingerprint density at radius 3 is 2.74 bits per heavy atom. The number of nitrogens with zero attached hydrogens (tertiary/aromatic N) is 5. The molecule has 1 aliphatic heterocycles. The van der Waals surface area contributed by atoms with Gasteiger partial charge < -0.3 is 14.8 Å². The van der Waals surface area contributed by atoms with Gasteiger partial charge in [0.05, 0.1) is 17.4 Å². The second-order valence-corrected chi connectivity index (χ2v) is 5.69. The maximum atomic E-state index is 11.6. The smallest absolute Gasteiger partial charge is 0.285 e. The van der Waals surface area contributed by atoms with E-state index < -0.39 is 0 Å². The lowest BCUT2D eigenvalue weighted by atomic mass is 10.2. The quantitative estimate of drug-likeness (QED) is 0.728. The number of anilines is 2. The van der Waals surface area contributed by atoms with Crippen molar-refractivity contribution in [3.05, 3.63) is 40.2 Å². The molecule has 8 nitrogen and oxygen atoms in total. The zero-order valence-corrected chi connectivity index (χ0v) is 12.9. The molecule has 2 N–H and O–H groups in total. The van der Waals surface area contributed by atoms with E-state index in [1.165, 1.54) is 0 Å². The largest absolute Gasteiger partial charge is 0.365 e. The van der Waals surface area contributed by atoms with Crippen molar-refractivity contribution >= 4 is 34.1 Å². The van der Waals surface area contributed by atoms with Gasteiger partial charge in [0, 0.05) is 32.4 Å². The average molecular weight is 332 g/mol. The molecule has 4 rings (SSSR count). The number of nitrogens with one attached hydrogen (secondary N) is 2. The van der Waals surface area contributed by atoms with Gasteiger partial charge in [-0.1, -0.05) is 11.6 Å². The van der Waals surface area contributed by atoms with Crippen LogP contribution in [0.1, 0.15) is 0 Å². The number of hydrogen-bond donors (Lipinski definition) is 2. The van der Waals surface area contributed by atoms with Gasteiger partial charge in [0.2, 0.25) is 0 Å². The van der Waals surface area contributed by atoms with Gasteiger partial charge in [-0.3, -0.25) is 4.79 Å². The molecule has 118 valence electrons. The molecule has 0 radical (unpaired) electrons. The van der Waals surface area contributed by atoms with E-state index in [2.05, 4.69) is 34.9 Å². The molecule has 0 aromatic carbocycles. The molecule has 23 heavy (non-hydrogen) atoms. The summed E-state index contributed by atoms with van der Waals surface area (Å²) in [7, 11) is 0. The Labute approximate surface area is 136 Å². The summed E-state index contributed by atoms with van der Waals surface area (Å²) in [6, 6.07) is 1.93.